The zero-order valence-electron chi connectivity index (χ0n) is 27.4. The number of nitrogens with one attached hydrogen (secondary N) is 1. The van der Waals surface area contributed by atoms with Crippen molar-refractivity contribution in [2.75, 3.05) is 11.9 Å². The van der Waals surface area contributed by atoms with Gasteiger partial charge in [0.1, 0.15) is 30.3 Å². The lowest BCUT2D eigenvalue weighted by molar-refractivity contribution is -0.384. The number of nitro groups is 1. The number of non-ortho nitro benzene ring substituents is 1. The summed E-state index contributed by atoms with van der Waals surface area (Å²) in [5, 5.41) is 25.6. The molecule has 4 rings (SSSR count). The molecule has 0 spiro atoms. The number of aromatic nitrogens is 1. The fraction of sp³-hybridized carbons (Fsp3) is 0.516. The van der Waals surface area contributed by atoms with Crippen LogP contribution in [0.3, 0.4) is 0 Å². The van der Waals surface area contributed by atoms with E-state index in [9.17, 15) is 34.4 Å². The van der Waals surface area contributed by atoms with Gasteiger partial charge in [0.2, 0.25) is 11.8 Å². The highest BCUT2D eigenvalue weighted by molar-refractivity contribution is 8.04. The van der Waals surface area contributed by atoms with Gasteiger partial charge in [0, 0.05) is 33.9 Å². The number of esters is 1. The molecule has 2 aromatic rings. The van der Waals surface area contributed by atoms with Crippen LogP contribution in [-0.2, 0) is 30.5 Å². The molecule has 3 heterocycles. The smallest absolute Gasteiger partial charge is 0.411 e. The molecular formula is C31H39N5O9S2. The summed E-state index contributed by atoms with van der Waals surface area (Å²) < 4.78 is 11.5. The van der Waals surface area contributed by atoms with Crippen molar-refractivity contribution < 1.29 is 38.7 Å². The number of rotatable bonds is 10. The highest BCUT2D eigenvalue weighted by Crippen LogP contribution is 2.52. The summed E-state index contributed by atoms with van der Waals surface area (Å²) in [6.07, 6.45) is -1.55. The molecule has 0 unspecified atom stereocenters. The van der Waals surface area contributed by atoms with E-state index in [1.165, 1.54) is 52.3 Å². The number of thiazole rings is 1. The van der Waals surface area contributed by atoms with Crippen molar-refractivity contribution in [3.05, 3.63) is 55.9 Å². The van der Waals surface area contributed by atoms with Gasteiger partial charge in [-0.1, -0.05) is 18.7 Å². The number of thioether (sulfide) groups is 1. The third-order valence-corrected chi connectivity index (χ3v) is 9.72. The highest BCUT2D eigenvalue weighted by Gasteiger charge is 2.60. The molecule has 0 radical (unpaired) electrons. The first-order valence-electron chi connectivity index (χ1n) is 14.9. The number of aliphatic hydroxyl groups excluding tert-OH is 1. The van der Waals surface area contributed by atoms with E-state index in [-0.39, 0.29) is 36.3 Å². The fourth-order valence-corrected chi connectivity index (χ4v) is 7.27. The lowest BCUT2D eigenvalue weighted by Gasteiger charge is -2.46. The number of carbonyl (C=O) groups is 4. The largest absolute Gasteiger partial charge is 0.456 e. The Morgan fingerprint density at radius 3 is 2.38 bits per heavy atom. The van der Waals surface area contributed by atoms with E-state index in [0.717, 1.165) is 11.8 Å². The van der Waals surface area contributed by atoms with Crippen LogP contribution in [0.4, 0.5) is 16.3 Å². The van der Waals surface area contributed by atoms with Crippen molar-refractivity contribution in [2.24, 2.45) is 11.8 Å². The Labute approximate surface area is 280 Å². The molecule has 14 nitrogen and oxygen atoms in total. The van der Waals surface area contributed by atoms with E-state index in [2.05, 4.69) is 10.3 Å². The molecule has 1 saturated heterocycles. The summed E-state index contributed by atoms with van der Waals surface area (Å²) in [6.45, 7) is 13.5. The van der Waals surface area contributed by atoms with Gasteiger partial charge in [0.25, 0.3) is 5.69 Å². The summed E-state index contributed by atoms with van der Waals surface area (Å²) in [6, 6.07) is 5.12. The lowest BCUT2D eigenvalue weighted by atomic mass is 9.79. The number of nitrogens with zero attached hydrogens (tertiary/aromatic N) is 4. The molecule has 2 aliphatic rings. The normalized spacial score (nSPS) is 19.9. The topological polar surface area (TPSA) is 182 Å². The molecule has 16 heteroatoms. The average molecular weight is 690 g/mol. The van der Waals surface area contributed by atoms with Gasteiger partial charge < -0.3 is 24.8 Å². The molecule has 1 aromatic heterocycles. The Morgan fingerprint density at radius 2 is 1.83 bits per heavy atom. The number of fused-ring (bicyclic) bond motifs is 1. The van der Waals surface area contributed by atoms with Crippen molar-refractivity contribution in [3.8, 4) is 0 Å². The minimum atomic E-state index is -0.928. The molecule has 0 bridgehead atoms. The Hall–Kier alpha value is -4.02. The Balaban J connectivity index is 1.51. The third-order valence-electron chi connectivity index (χ3n) is 7.49. The van der Waals surface area contributed by atoms with E-state index in [0.29, 0.717) is 14.8 Å². The first-order valence-corrected chi connectivity index (χ1v) is 16.6. The van der Waals surface area contributed by atoms with E-state index < -0.39 is 58.0 Å². The fourth-order valence-electron chi connectivity index (χ4n) is 5.25. The number of hydrogen-bond acceptors (Lipinski definition) is 12. The van der Waals surface area contributed by atoms with Crippen LogP contribution in [0.2, 0.25) is 0 Å². The minimum Gasteiger partial charge on any atom is -0.456 e. The number of carbonyl (C=O) groups excluding carboxylic acids is 4. The molecule has 4 atom stereocenters. The van der Waals surface area contributed by atoms with Crippen LogP contribution in [0.1, 0.15) is 61.0 Å². The highest BCUT2D eigenvalue weighted by atomic mass is 32.2. The molecule has 47 heavy (non-hydrogen) atoms. The summed E-state index contributed by atoms with van der Waals surface area (Å²) in [5.74, 6) is -2.42. The number of β-lactam (4-membered cyclic amide) rings is 1. The summed E-state index contributed by atoms with van der Waals surface area (Å²) in [4.78, 5) is 70.5. The number of benzene rings is 1. The zero-order valence-corrected chi connectivity index (χ0v) is 29.1. The molecule has 2 N–H and O–H groups in total. The van der Waals surface area contributed by atoms with Crippen LogP contribution >= 0.6 is 23.1 Å². The van der Waals surface area contributed by atoms with Crippen LogP contribution in [0.5, 0.6) is 0 Å². The summed E-state index contributed by atoms with van der Waals surface area (Å²) >= 11 is 2.38. The van der Waals surface area contributed by atoms with Crippen LogP contribution in [0.25, 0.3) is 0 Å². The van der Waals surface area contributed by atoms with Crippen molar-refractivity contribution in [1.82, 2.24) is 14.8 Å². The predicted octanol–water partition coefficient (Wildman–Crippen LogP) is 4.93. The van der Waals surface area contributed by atoms with Gasteiger partial charge in [-0.3, -0.25) is 24.6 Å². The average Bonchev–Trinajstić information content (AvgIpc) is 3.48. The van der Waals surface area contributed by atoms with Crippen LogP contribution in [0, 0.1) is 22.0 Å². The molecule has 254 valence electrons. The monoisotopic (exact) mass is 689 g/mol. The van der Waals surface area contributed by atoms with E-state index in [1.54, 1.807) is 46.9 Å². The van der Waals surface area contributed by atoms with Crippen molar-refractivity contribution in [3.63, 3.8) is 0 Å². The number of hydrogen-bond donors (Lipinski definition) is 2. The van der Waals surface area contributed by atoms with E-state index in [1.807, 2.05) is 6.92 Å². The van der Waals surface area contributed by atoms with Gasteiger partial charge in [-0.25, -0.2) is 14.6 Å². The van der Waals surface area contributed by atoms with Gasteiger partial charge in [-0.05, 0) is 66.2 Å². The van der Waals surface area contributed by atoms with Crippen LogP contribution < -0.4 is 5.32 Å². The minimum absolute atomic E-state index is 0.0512. The van der Waals surface area contributed by atoms with Gasteiger partial charge >= 0.3 is 12.1 Å². The number of nitro benzene ring substituents is 1. The van der Waals surface area contributed by atoms with Gasteiger partial charge in [-0.2, -0.15) is 0 Å². The SMILES string of the molecule is C[C@@H](O)[C@H]1C(=O)N2C(C(=O)OCc3ccc([N+](=O)[O-])cc3)=C(Sc3nc(NC(=O)CN(C(=O)OC(C)(C)C)C(C)(C)C)cs3)[C@H](C)[C@H]12. The Kier molecular flexibility index (Phi) is 10.4. The van der Waals surface area contributed by atoms with E-state index >= 15 is 0 Å². The Bertz CT molecular complexity index is 1590. The summed E-state index contributed by atoms with van der Waals surface area (Å²) in [7, 11) is 0. The quantitative estimate of drug-likeness (QED) is 0.149. The van der Waals surface area contributed by atoms with Gasteiger partial charge in [-0.15, -0.1) is 11.3 Å². The maximum absolute atomic E-state index is 13.5. The number of amides is 3. The van der Waals surface area contributed by atoms with Gasteiger partial charge in [0.15, 0.2) is 4.34 Å². The van der Waals surface area contributed by atoms with E-state index in [4.69, 9.17) is 9.47 Å². The summed E-state index contributed by atoms with van der Waals surface area (Å²) in [5.41, 5.74) is -0.966. The third kappa shape index (κ3) is 8.11. The first-order chi connectivity index (χ1) is 21.8. The predicted molar refractivity (Wildman–Crippen MR) is 174 cm³/mol. The Morgan fingerprint density at radius 1 is 1.19 bits per heavy atom. The molecule has 0 aliphatic carbocycles. The molecule has 2 aliphatic heterocycles. The van der Waals surface area contributed by atoms with Gasteiger partial charge in [0.05, 0.1) is 23.0 Å². The lowest BCUT2D eigenvalue weighted by Crippen LogP contribution is -2.63. The molecular weight excluding hydrogens is 651 g/mol. The maximum atomic E-state index is 13.5. The molecule has 0 saturated carbocycles. The van der Waals surface area contributed by atoms with Crippen LogP contribution in [0.15, 0.2) is 44.6 Å². The standard InChI is InChI=1S/C31H39N5O9S2/c1-16-23-22(17(2)37)26(39)35(23)24(27(40)44-14-18-9-11-19(12-10-18)36(42)43)25(16)47-28-33-20(15-46-28)32-21(38)13-34(30(3,4)5)29(41)45-31(6,7)8/h9-12,15-17,22-23,37H,13-14H2,1-8H3,(H,32,38)/t16-,17-,22-,23-/m1/s1. The number of anilines is 1. The number of aliphatic hydroxyl groups is 1. The first kappa shape index (κ1) is 35.8. The second-order valence-corrected chi connectivity index (χ2v) is 15.5. The maximum Gasteiger partial charge on any atom is 0.411 e. The number of ether oxygens (including phenoxy) is 2. The molecule has 1 fully saturated rings. The second kappa shape index (κ2) is 13.6. The van der Waals surface area contributed by atoms with Crippen LogP contribution in [-0.4, -0.2) is 78.5 Å². The van der Waals surface area contributed by atoms with Crippen molar-refractivity contribution in [1.29, 1.82) is 0 Å². The van der Waals surface area contributed by atoms with Crippen molar-refractivity contribution in [2.45, 2.75) is 89.6 Å². The second-order valence-electron chi connectivity index (χ2n) is 13.4. The molecule has 1 aromatic carbocycles. The molecule has 3 amide bonds. The zero-order chi connectivity index (χ0) is 35.0. The van der Waals surface area contributed by atoms with Crippen molar-refractivity contribution >= 4 is 58.5 Å².